The number of nitrogens with one attached hydrogen (secondary N) is 1. The highest BCUT2D eigenvalue weighted by atomic mass is 79.9. The molecule has 0 unspecified atom stereocenters. The van der Waals surface area contributed by atoms with Crippen molar-refractivity contribution in [3.8, 4) is 0 Å². The third-order valence-electron chi connectivity index (χ3n) is 1.62. The number of thiophene rings is 1. The van der Waals surface area contributed by atoms with E-state index < -0.39 is 0 Å². The Morgan fingerprint density at radius 1 is 1.42 bits per heavy atom. The molecule has 0 saturated heterocycles. The summed E-state index contributed by atoms with van der Waals surface area (Å²) >= 11 is 5.23. The summed E-state index contributed by atoms with van der Waals surface area (Å²) in [6.07, 6.45) is 2.52. The van der Waals surface area contributed by atoms with Crippen molar-refractivity contribution in [3.63, 3.8) is 0 Å². The van der Waals surface area contributed by atoms with Crippen LogP contribution in [0.1, 0.15) is 17.7 Å². The van der Waals surface area contributed by atoms with Gasteiger partial charge in [-0.3, -0.25) is 0 Å². The summed E-state index contributed by atoms with van der Waals surface area (Å²) in [5, 5.41) is 6.65. The van der Waals surface area contributed by atoms with Crippen LogP contribution in [0.3, 0.4) is 0 Å². The molecule has 0 aliphatic carbocycles. The predicted molar refractivity (Wildman–Crippen MR) is 59.1 cm³/mol. The lowest BCUT2D eigenvalue weighted by Gasteiger charge is -2.00. The zero-order chi connectivity index (χ0) is 8.65. The lowest BCUT2D eigenvalue weighted by molar-refractivity contribution is 0.649. The molecule has 3 heteroatoms. The quantitative estimate of drug-likeness (QED) is 0.602. The van der Waals surface area contributed by atoms with Gasteiger partial charge in [-0.05, 0) is 30.8 Å². The second-order valence-electron chi connectivity index (χ2n) is 2.65. The first-order valence-electron chi connectivity index (χ1n) is 4.22. The van der Waals surface area contributed by atoms with Crippen LogP contribution in [0.4, 0.5) is 0 Å². The van der Waals surface area contributed by atoms with Crippen LogP contribution in [-0.2, 0) is 6.54 Å². The Hall–Kier alpha value is 0.140. The molecule has 1 rings (SSSR count). The minimum absolute atomic E-state index is 1.03. The Balaban J connectivity index is 1.96. The summed E-state index contributed by atoms with van der Waals surface area (Å²) in [7, 11) is 0. The van der Waals surface area contributed by atoms with E-state index in [1.54, 1.807) is 0 Å². The van der Waals surface area contributed by atoms with Gasteiger partial charge >= 0.3 is 0 Å². The third kappa shape index (κ3) is 4.24. The van der Waals surface area contributed by atoms with Crippen LogP contribution in [0.25, 0.3) is 0 Å². The Labute approximate surface area is 86.3 Å². The molecule has 0 aromatic carbocycles. The number of hydrogen-bond acceptors (Lipinski definition) is 2. The summed E-state index contributed by atoms with van der Waals surface area (Å²) in [6, 6.07) is 4.27. The van der Waals surface area contributed by atoms with Gasteiger partial charge in [-0.2, -0.15) is 0 Å². The van der Waals surface area contributed by atoms with Crippen LogP contribution < -0.4 is 5.32 Å². The Morgan fingerprint density at radius 2 is 2.33 bits per heavy atom. The number of alkyl halides is 1. The van der Waals surface area contributed by atoms with Gasteiger partial charge < -0.3 is 5.32 Å². The molecule has 1 N–H and O–H groups in total. The van der Waals surface area contributed by atoms with E-state index in [4.69, 9.17) is 0 Å². The highest BCUT2D eigenvalue weighted by Gasteiger charge is 1.91. The predicted octanol–water partition coefficient (Wildman–Crippen LogP) is 3.01. The fourth-order valence-corrected chi connectivity index (χ4v) is 2.04. The van der Waals surface area contributed by atoms with Gasteiger partial charge in [-0.25, -0.2) is 0 Å². The zero-order valence-electron chi connectivity index (χ0n) is 7.05. The Bertz CT molecular complexity index is 186. The molecule has 0 bridgehead atoms. The van der Waals surface area contributed by atoms with Gasteiger partial charge in [0, 0.05) is 16.8 Å². The molecule has 0 aliphatic rings. The van der Waals surface area contributed by atoms with Crippen molar-refractivity contribution in [2.75, 3.05) is 11.9 Å². The smallest absolute Gasteiger partial charge is 0.0299 e. The van der Waals surface area contributed by atoms with E-state index in [1.807, 2.05) is 11.3 Å². The molecule has 0 amide bonds. The normalized spacial score (nSPS) is 10.4. The summed E-state index contributed by atoms with van der Waals surface area (Å²) in [6.45, 7) is 2.16. The van der Waals surface area contributed by atoms with Crippen molar-refractivity contribution >= 4 is 27.3 Å². The largest absolute Gasteiger partial charge is 0.312 e. The fourth-order valence-electron chi connectivity index (χ4n) is 0.969. The average molecular weight is 248 g/mol. The second-order valence-corrected chi connectivity index (χ2v) is 4.48. The molecule has 0 atom stereocenters. The number of unbranched alkanes of at least 4 members (excludes halogenated alkanes) is 1. The minimum Gasteiger partial charge on any atom is -0.312 e. The van der Waals surface area contributed by atoms with Gasteiger partial charge in [0.05, 0.1) is 0 Å². The molecule has 68 valence electrons. The minimum atomic E-state index is 1.03. The van der Waals surface area contributed by atoms with E-state index >= 15 is 0 Å². The van der Waals surface area contributed by atoms with Gasteiger partial charge in [0.2, 0.25) is 0 Å². The van der Waals surface area contributed by atoms with E-state index in [1.165, 1.54) is 17.7 Å². The third-order valence-corrected chi connectivity index (χ3v) is 3.05. The molecule has 0 aliphatic heterocycles. The van der Waals surface area contributed by atoms with Gasteiger partial charge in [-0.15, -0.1) is 11.3 Å². The van der Waals surface area contributed by atoms with Crippen molar-refractivity contribution in [1.82, 2.24) is 5.32 Å². The van der Waals surface area contributed by atoms with Crippen LogP contribution in [0, 0.1) is 0 Å². The molecule has 1 nitrogen and oxygen atoms in total. The van der Waals surface area contributed by atoms with Gasteiger partial charge in [0.1, 0.15) is 0 Å². The lowest BCUT2D eigenvalue weighted by atomic mass is 10.3. The number of halogens is 1. The molecule has 1 aromatic rings. The Morgan fingerprint density at radius 3 is 3.00 bits per heavy atom. The number of hydrogen-bond donors (Lipinski definition) is 1. The average Bonchev–Trinajstić information content (AvgIpc) is 2.57. The monoisotopic (exact) mass is 247 g/mol. The molecular formula is C9H14BrNS. The lowest BCUT2D eigenvalue weighted by Crippen LogP contribution is -2.13. The first-order chi connectivity index (χ1) is 5.93. The molecule has 1 aromatic heterocycles. The molecule has 1 heterocycles. The topological polar surface area (TPSA) is 12.0 Å². The van der Waals surface area contributed by atoms with E-state index in [0.29, 0.717) is 0 Å². The van der Waals surface area contributed by atoms with E-state index in [0.717, 1.165) is 18.4 Å². The maximum atomic E-state index is 3.41. The second kappa shape index (κ2) is 6.63. The van der Waals surface area contributed by atoms with Crippen molar-refractivity contribution in [2.24, 2.45) is 0 Å². The maximum Gasteiger partial charge on any atom is 0.0299 e. The van der Waals surface area contributed by atoms with Gasteiger partial charge in [0.15, 0.2) is 0 Å². The van der Waals surface area contributed by atoms with Crippen LogP contribution >= 0.6 is 27.3 Å². The summed E-state index contributed by atoms with van der Waals surface area (Å²) in [4.78, 5) is 1.42. The van der Waals surface area contributed by atoms with Crippen molar-refractivity contribution < 1.29 is 0 Å². The number of rotatable bonds is 6. The molecule has 0 radical (unpaired) electrons. The zero-order valence-corrected chi connectivity index (χ0v) is 9.46. The molecule has 0 saturated carbocycles. The molecular weight excluding hydrogens is 234 g/mol. The van der Waals surface area contributed by atoms with Gasteiger partial charge in [0.25, 0.3) is 0 Å². The molecule has 12 heavy (non-hydrogen) atoms. The van der Waals surface area contributed by atoms with Crippen molar-refractivity contribution in [2.45, 2.75) is 19.4 Å². The standard InChI is InChI=1S/C9H14BrNS/c10-5-1-2-6-11-8-9-4-3-7-12-9/h3-4,7,11H,1-2,5-6,8H2. The van der Waals surface area contributed by atoms with Gasteiger partial charge in [-0.1, -0.05) is 22.0 Å². The van der Waals surface area contributed by atoms with E-state index in [9.17, 15) is 0 Å². The van der Waals surface area contributed by atoms with E-state index in [-0.39, 0.29) is 0 Å². The summed E-state index contributed by atoms with van der Waals surface area (Å²) < 4.78 is 0. The highest BCUT2D eigenvalue weighted by molar-refractivity contribution is 9.09. The van der Waals surface area contributed by atoms with Crippen LogP contribution in [0.2, 0.25) is 0 Å². The van der Waals surface area contributed by atoms with Crippen LogP contribution in [0.5, 0.6) is 0 Å². The first kappa shape index (κ1) is 10.2. The molecule has 0 fully saturated rings. The summed E-state index contributed by atoms with van der Waals surface area (Å²) in [5.74, 6) is 0. The van der Waals surface area contributed by atoms with Crippen molar-refractivity contribution in [3.05, 3.63) is 22.4 Å². The first-order valence-corrected chi connectivity index (χ1v) is 6.22. The Kier molecular flexibility index (Phi) is 5.65. The fraction of sp³-hybridized carbons (Fsp3) is 0.556. The SMILES string of the molecule is BrCCCCNCc1cccs1. The van der Waals surface area contributed by atoms with Crippen molar-refractivity contribution in [1.29, 1.82) is 0 Å². The summed E-state index contributed by atoms with van der Waals surface area (Å²) in [5.41, 5.74) is 0. The van der Waals surface area contributed by atoms with E-state index in [2.05, 4.69) is 38.8 Å². The van der Waals surface area contributed by atoms with Crippen LogP contribution in [-0.4, -0.2) is 11.9 Å². The van der Waals surface area contributed by atoms with Crippen LogP contribution in [0.15, 0.2) is 17.5 Å². The molecule has 0 spiro atoms. The maximum absolute atomic E-state index is 3.41. The highest BCUT2D eigenvalue weighted by Crippen LogP contribution is 2.07.